The van der Waals surface area contributed by atoms with Gasteiger partial charge in [-0.25, -0.2) is 5.43 Å². The first-order valence-electron chi connectivity index (χ1n) is 4.64. The molecule has 1 aromatic rings. The lowest BCUT2D eigenvalue weighted by Gasteiger charge is -2.30. The molecule has 1 fully saturated rings. The van der Waals surface area contributed by atoms with E-state index < -0.39 is 0 Å². The molecule has 0 amide bonds. The molecule has 0 saturated carbocycles. The van der Waals surface area contributed by atoms with Gasteiger partial charge < -0.3 is 0 Å². The Morgan fingerprint density at radius 2 is 1.87 bits per heavy atom. The predicted molar refractivity (Wildman–Crippen MR) is 66.9 cm³/mol. The Bertz CT molecular complexity index is 388. The molecule has 80 valence electrons. The molecule has 2 N–H and O–H groups in total. The van der Waals surface area contributed by atoms with Crippen molar-refractivity contribution in [2.75, 3.05) is 4.90 Å². The number of nitrogens with zero attached hydrogens (tertiary/aromatic N) is 1. The van der Waals surface area contributed by atoms with Crippen LogP contribution in [0.3, 0.4) is 0 Å². The minimum Gasteiger partial charge on any atom is -0.298 e. The van der Waals surface area contributed by atoms with Gasteiger partial charge in [0.2, 0.25) is 0 Å². The number of anilines is 1. The third kappa shape index (κ3) is 1.93. The fourth-order valence-electron chi connectivity index (χ4n) is 1.60. The van der Waals surface area contributed by atoms with Gasteiger partial charge in [-0.15, -0.1) is 0 Å². The number of hydrogen-bond donors (Lipinski definition) is 2. The Morgan fingerprint density at radius 1 is 1.27 bits per heavy atom. The topological polar surface area (TPSA) is 27.3 Å². The Balaban J connectivity index is 2.37. The molecule has 0 radical (unpaired) electrons. The van der Waals surface area contributed by atoms with E-state index in [1.54, 1.807) is 0 Å². The maximum atomic E-state index is 5.84. The Kier molecular flexibility index (Phi) is 2.58. The number of rotatable bonds is 1. The fourth-order valence-corrected chi connectivity index (χ4v) is 2.11. The molecular weight excluding hydrogens is 230 g/mol. The van der Waals surface area contributed by atoms with E-state index in [2.05, 4.69) is 10.9 Å². The Morgan fingerprint density at radius 3 is 2.33 bits per heavy atom. The minimum absolute atomic E-state index is 0.231. The van der Waals surface area contributed by atoms with Crippen LogP contribution in [0.4, 0.5) is 5.69 Å². The highest BCUT2D eigenvalue weighted by Gasteiger charge is 2.35. The molecule has 0 aromatic heterocycles. The van der Waals surface area contributed by atoms with Gasteiger partial charge in [0.15, 0.2) is 5.11 Å². The summed E-state index contributed by atoms with van der Waals surface area (Å²) in [6, 6.07) is 7.61. The highest BCUT2D eigenvalue weighted by molar-refractivity contribution is 7.80. The molecule has 1 heterocycles. The van der Waals surface area contributed by atoms with Crippen molar-refractivity contribution in [3.05, 3.63) is 29.3 Å². The third-order valence-corrected chi connectivity index (χ3v) is 2.86. The van der Waals surface area contributed by atoms with Gasteiger partial charge in [0.1, 0.15) is 5.66 Å². The van der Waals surface area contributed by atoms with Crippen LogP contribution in [0.2, 0.25) is 5.02 Å². The van der Waals surface area contributed by atoms with Gasteiger partial charge in [-0.3, -0.25) is 10.3 Å². The summed E-state index contributed by atoms with van der Waals surface area (Å²) >= 11 is 11.1. The zero-order valence-electron chi connectivity index (χ0n) is 8.54. The SMILES string of the molecule is CC1(C)NNC(=S)N1c1ccc(Cl)cc1. The van der Waals surface area contributed by atoms with Gasteiger partial charge in [0, 0.05) is 10.7 Å². The fraction of sp³-hybridized carbons (Fsp3) is 0.300. The molecule has 0 aliphatic carbocycles. The molecule has 0 atom stereocenters. The molecule has 0 unspecified atom stereocenters. The van der Waals surface area contributed by atoms with Gasteiger partial charge in [0.05, 0.1) is 0 Å². The highest BCUT2D eigenvalue weighted by atomic mass is 35.5. The van der Waals surface area contributed by atoms with Crippen LogP contribution in [0.25, 0.3) is 0 Å². The van der Waals surface area contributed by atoms with Crippen molar-refractivity contribution in [1.82, 2.24) is 10.9 Å². The minimum atomic E-state index is -0.231. The summed E-state index contributed by atoms with van der Waals surface area (Å²) in [6.45, 7) is 4.10. The van der Waals surface area contributed by atoms with E-state index in [4.69, 9.17) is 23.8 Å². The van der Waals surface area contributed by atoms with Gasteiger partial charge in [0.25, 0.3) is 0 Å². The average Bonchev–Trinajstić information content (AvgIpc) is 2.43. The first kappa shape index (κ1) is 10.7. The quantitative estimate of drug-likeness (QED) is 0.738. The normalized spacial score (nSPS) is 19.1. The molecule has 1 aliphatic rings. The lowest BCUT2D eigenvalue weighted by atomic mass is 10.2. The van der Waals surface area contributed by atoms with Crippen molar-refractivity contribution in [2.24, 2.45) is 0 Å². The zero-order valence-corrected chi connectivity index (χ0v) is 10.1. The monoisotopic (exact) mass is 241 g/mol. The summed E-state index contributed by atoms with van der Waals surface area (Å²) in [5.74, 6) is 0. The van der Waals surface area contributed by atoms with Crippen molar-refractivity contribution in [1.29, 1.82) is 0 Å². The molecule has 1 aromatic carbocycles. The van der Waals surface area contributed by atoms with Crippen molar-refractivity contribution in [3.63, 3.8) is 0 Å². The van der Waals surface area contributed by atoms with E-state index in [9.17, 15) is 0 Å². The smallest absolute Gasteiger partial charge is 0.189 e. The van der Waals surface area contributed by atoms with E-state index in [0.29, 0.717) is 5.11 Å². The number of benzene rings is 1. The predicted octanol–water partition coefficient (Wildman–Crippen LogP) is 2.28. The van der Waals surface area contributed by atoms with Crippen LogP contribution in [-0.4, -0.2) is 10.8 Å². The van der Waals surface area contributed by atoms with Crippen LogP contribution in [0.1, 0.15) is 13.8 Å². The summed E-state index contributed by atoms with van der Waals surface area (Å²) in [5, 5.41) is 1.39. The van der Waals surface area contributed by atoms with E-state index in [1.807, 2.05) is 43.0 Å². The first-order chi connectivity index (χ1) is 7.00. The van der Waals surface area contributed by atoms with E-state index in [-0.39, 0.29) is 5.66 Å². The number of hydrazine groups is 1. The largest absolute Gasteiger partial charge is 0.298 e. The number of hydrogen-bond acceptors (Lipinski definition) is 2. The Labute approximate surface area is 99.4 Å². The molecule has 1 saturated heterocycles. The van der Waals surface area contributed by atoms with Gasteiger partial charge in [-0.2, -0.15) is 0 Å². The summed E-state index contributed by atoms with van der Waals surface area (Å²) in [4.78, 5) is 2.01. The number of halogens is 1. The van der Waals surface area contributed by atoms with Crippen LogP contribution in [0, 0.1) is 0 Å². The number of nitrogens with one attached hydrogen (secondary N) is 2. The second kappa shape index (κ2) is 3.63. The maximum absolute atomic E-state index is 5.84. The number of thiocarbonyl (C=S) groups is 1. The molecule has 3 nitrogen and oxygen atoms in total. The van der Waals surface area contributed by atoms with Crippen molar-refractivity contribution in [2.45, 2.75) is 19.5 Å². The second-order valence-corrected chi connectivity index (χ2v) is 4.75. The third-order valence-electron chi connectivity index (χ3n) is 2.32. The van der Waals surface area contributed by atoms with Crippen molar-refractivity contribution < 1.29 is 0 Å². The van der Waals surface area contributed by atoms with Gasteiger partial charge >= 0.3 is 0 Å². The summed E-state index contributed by atoms with van der Waals surface area (Å²) in [7, 11) is 0. The van der Waals surface area contributed by atoms with Crippen LogP contribution >= 0.6 is 23.8 Å². The lowest BCUT2D eigenvalue weighted by Crippen LogP contribution is -2.47. The van der Waals surface area contributed by atoms with Crippen LogP contribution in [-0.2, 0) is 0 Å². The Hall–Kier alpha value is -0.840. The van der Waals surface area contributed by atoms with Gasteiger partial charge in [-0.1, -0.05) is 11.6 Å². The summed E-state index contributed by atoms with van der Waals surface area (Å²) in [6.07, 6.45) is 0. The highest BCUT2D eigenvalue weighted by Crippen LogP contribution is 2.26. The van der Waals surface area contributed by atoms with E-state index in [0.717, 1.165) is 10.7 Å². The second-order valence-electron chi connectivity index (χ2n) is 3.93. The van der Waals surface area contributed by atoms with Gasteiger partial charge in [-0.05, 0) is 50.3 Å². The zero-order chi connectivity index (χ0) is 11.1. The lowest BCUT2D eigenvalue weighted by molar-refractivity contribution is 0.430. The maximum Gasteiger partial charge on any atom is 0.189 e. The van der Waals surface area contributed by atoms with Crippen LogP contribution < -0.4 is 15.8 Å². The standard InChI is InChI=1S/C10H12ClN3S/c1-10(2)13-12-9(15)14(10)8-5-3-7(11)4-6-8/h3-6,13H,1-2H3,(H,12,15). The first-order valence-corrected chi connectivity index (χ1v) is 5.42. The molecule has 1 aliphatic heterocycles. The van der Waals surface area contributed by atoms with Crippen LogP contribution in [0.15, 0.2) is 24.3 Å². The molecule has 2 rings (SSSR count). The molecule has 0 spiro atoms. The van der Waals surface area contributed by atoms with Crippen molar-refractivity contribution >= 4 is 34.6 Å². The average molecular weight is 242 g/mol. The molecule has 0 bridgehead atoms. The molecule has 5 heteroatoms. The van der Waals surface area contributed by atoms with E-state index >= 15 is 0 Å². The molecular formula is C10H12ClN3S. The summed E-state index contributed by atoms with van der Waals surface area (Å²) < 4.78 is 0. The van der Waals surface area contributed by atoms with Crippen LogP contribution in [0.5, 0.6) is 0 Å². The van der Waals surface area contributed by atoms with E-state index in [1.165, 1.54) is 0 Å². The molecule has 15 heavy (non-hydrogen) atoms. The van der Waals surface area contributed by atoms with Crippen molar-refractivity contribution in [3.8, 4) is 0 Å². The summed E-state index contributed by atoms with van der Waals surface area (Å²) in [5.41, 5.74) is 6.85.